The molecule has 8 heteroatoms. The van der Waals surface area contributed by atoms with E-state index in [0.717, 1.165) is 22.6 Å². The molecule has 2 aliphatic heterocycles. The summed E-state index contributed by atoms with van der Waals surface area (Å²) in [5.41, 5.74) is 15.2. The van der Waals surface area contributed by atoms with E-state index in [0.29, 0.717) is 11.4 Å². The Labute approximate surface area is 203 Å². The molecule has 0 radical (unpaired) electrons. The first-order valence-corrected chi connectivity index (χ1v) is 11.2. The SMILES string of the molecule is C=CC(=O)Nc1cccc(N2C=C(c3ccc(Oc4ccccc4)cc3)C3C(N)NNC(=O)C32)c1. The standard InChI is InChI=1S/C27H25N5O3/c1-2-23(33)29-18-7-6-8-19(15-18)32-16-22(24-25(32)27(34)31-30-26(24)28)17-11-13-21(14-12-17)35-20-9-4-3-5-10-20/h2-16,24-26,30H,1,28H2,(H,29,33)(H,31,34). The third-order valence-electron chi connectivity index (χ3n) is 6.06. The predicted octanol–water partition coefficient (Wildman–Crippen LogP) is 3.37. The molecule has 2 amide bonds. The molecule has 8 nitrogen and oxygen atoms in total. The number of carbonyl (C=O) groups excluding carboxylic acids is 2. The van der Waals surface area contributed by atoms with E-state index >= 15 is 0 Å². The molecule has 2 heterocycles. The summed E-state index contributed by atoms with van der Waals surface area (Å²) in [6.45, 7) is 3.49. The third-order valence-corrected chi connectivity index (χ3v) is 6.06. The number of nitrogens with zero attached hydrogens (tertiary/aromatic N) is 1. The van der Waals surface area contributed by atoms with Crippen molar-refractivity contribution in [1.29, 1.82) is 0 Å². The summed E-state index contributed by atoms with van der Waals surface area (Å²) in [4.78, 5) is 26.6. The molecule has 1 saturated heterocycles. The van der Waals surface area contributed by atoms with Crippen LogP contribution < -0.4 is 31.5 Å². The summed E-state index contributed by atoms with van der Waals surface area (Å²) in [5, 5.41) is 2.76. The highest BCUT2D eigenvalue weighted by Crippen LogP contribution is 2.41. The highest BCUT2D eigenvalue weighted by atomic mass is 16.5. The second-order valence-corrected chi connectivity index (χ2v) is 8.30. The van der Waals surface area contributed by atoms with Gasteiger partial charge < -0.3 is 20.7 Å². The largest absolute Gasteiger partial charge is 0.457 e. The number of para-hydroxylation sites is 1. The summed E-state index contributed by atoms with van der Waals surface area (Å²) in [6, 6.07) is 24.0. The molecule has 3 unspecified atom stereocenters. The molecule has 3 atom stereocenters. The zero-order chi connectivity index (χ0) is 24.4. The second kappa shape index (κ2) is 9.46. The van der Waals surface area contributed by atoms with E-state index in [1.807, 2.05) is 83.9 Å². The molecule has 5 rings (SSSR count). The van der Waals surface area contributed by atoms with Crippen molar-refractivity contribution in [1.82, 2.24) is 10.9 Å². The number of fused-ring (bicyclic) bond motifs is 1. The lowest BCUT2D eigenvalue weighted by molar-refractivity contribution is -0.126. The van der Waals surface area contributed by atoms with Crippen molar-refractivity contribution < 1.29 is 14.3 Å². The Balaban J connectivity index is 1.47. The molecule has 35 heavy (non-hydrogen) atoms. The average Bonchev–Trinajstić information content (AvgIpc) is 3.30. The molecule has 0 aromatic heterocycles. The molecular weight excluding hydrogens is 442 g/mol. The molecular formula is C27H25N5O3. The van der Waals surface area contributed by atoms with E-state index in [1.165, 1.54) is 6.08 Å². The van der Waals surface area contributed by atoms with Gasteiger partial charge in [0.1, 0.15) is 17.5 Å². The summed E-state index contributed by atoms with van der Waals surface area (Å²) in [7, 11) is 0. The summed E-state index contributed by atoms with van der Waals surface area (Å²) < 4.78 is 5.91. The van der Waals surface area contributed by atoms with Gasteiger partial charge in [0.15, 0.2) is 0 Å². The maximum Gasteiger partial charge on any atom is 0.257 e. The molecule has 1 fully saturated rings. The van der Waals surface area contributed by atoms with Gasteiger partial charge in [0.25, 0.3) is 5.91 Å². The number of anilines is 2. The molecule has 0 aliphatic carbocycles. The van der Waals surface area contributed by atoms with Gasteiger partial charge in [-0.1, -0.05) is 43.0 Å². The van der Waals surface area contributed by atoms with Gasteiger partial charge in [-0.3, -0.25) is 15.0 Å². The van der Waals surface area contributed by atoms with Crippen molar-refractivity contribution in [3.05, 3.63) is 103 Å². The van der Waals surface area contributed by atoms with Gasteiger partial charge in [-0.25, -0.2) is 5.43 Å². The van der Waals surface area contributed by atoms with Gasteiger partial charge >= 0.3 is 0 Å². The molecule has 0 bridgehead atoms. The maximum atomic E-state index is 12.9. The zero-order valence-corrected chi connectivity index (χ0v) is 18.8. The first-order valence-electron chi connectivity index (χ1n) is 11.2. The molecule has 0 spiro atoms. The molecule has 3 aromatic carbocycles. The minimum Gasteiger partial charge on any atom is -0.457 e. The highest BCUT2D eigenvalue weighted by Gasteiger charge is 2.47. The van der Waals surface area contributed by atoms with Crippen molar-refractivity contribution >= 4 is 28.8 Å². The second-order valence-electron chi connectivity index (χ2n) is 8.30. The normalized spacial score (nSPS) is 20.9. The quantitative estimate of drug-likeness (QED) is 0.414. The summed E-state index contributed by atoms with van der Waals surface area (Å²) >= 11 is 0. The van der Waals surface area contributed by atoms with Crippen LogP contribution in [-0.4, -0.2) is 24.0 Å². The van der Waals surface area contributed by atoms with E-state index < -0.39 is 12.2 Å². The lowest BCUT2D eigenvalue weighted by Gasteiger charge is -2.37. The Morgan fingerprint density at radius 2 is 1.77 bits per heavy atom. The fourth-order valence-corrected chi connectivity index (χ4v) is 4.44. The van der Waals surface area contributed by atoms with E-state index in [2.05, 4.69) is 22.7 Å². The molecule has 0 saturated carbocycles. The fourth-order valence-electron chi connectivity index (χ4n) is 4.44. The van der Waals surface area contributed by atoms with E-state index in [9.17, 15) is 9.59 Å². The number of hydrazine groups is 1. The number of hydrogen-bond acceptors (Lipinski definition) is 6. The molecule has 3 aromatic rings. The van der Waals surface area contributed by atoms with E-state index in [1.54, 1.807) is 6.07 Å². The molecule has 5 N–H and O–H groups in total. The minimum absolute atomic E-state index is 0.187. The maximum absolute atomic E-state index is 12.9. The number of hydrogen-bond donors (Lipinski definition) is 4. The first kappa shape index (κ1) is 22.4. The third kappa shape index (κ3) is 4.52. The lowest BCUT2D eigenvalue weighted by Crippen LogP contribution is -2.66. The Morgan fingerprint density at radius 1 is 1.03 bits per heavy atom. The Kier molecular flexibility index (Phi) is 6.05. The van der Waals surface area contributed by atoms with Gasteiger partial charge in [0, 0.05) is 23.5 Å². The summed E-state index contributed by atoms with van der Waals surface area (Å²) in [6.07, 6.45) is 2.67. The van der Waals surface area contributed by atoms with Crippen LogP contribution in [0.2, 0.25) is 0 Å². The van der Waals surface area contributed by atoms with Gasteiger partial charge in [-0.15, -0.1) is 0 Å². The van der Waals surface area contributed by atoms with Crippen LogP contribution >= 0.6 is 0 Å². The van der Waals surface area contributed by atoms with Crippen LogP contribution in [0.25, 0.3) is 5.57 Å². The van der Waals surface area contributed by atoms with Gasteiger partial charge in [0.2, 0.25) is 5.91 Å². The Morgan fingerprint density at radius 3 is 2.51 bits per heavy atom. The van der Waals surface area contributed by atoms with Gasteiger partial charge in [-0.05, 0) is 59.7 Å². The number of rotatable bonds is 6. The van der Waals surface area contributed by atoms with Crippen molar-refractivity contribution in [2.75, 3.05) is 10.2 Å². The topological polar surface area (TPSA) is 109 Å². The average molecular weight is 468 g/mol. The predicted molar refractivity (Wildman–Crippen MR) is 135 cm³/mol. The van der Waals surface area contributed by atoms with Crippen LogP contribution in [0.15, 0.2) is 97.7 Å². The lowest BCUT2D eigenvalue weighted by atomic mass is 9.86. The number of carbonyl (C=O) groups is 2. The minimum atomic E-state index is -0.549. The van der Waals surface area contributed by atoms with Gasteiger partial charge in [-0.2, -0.15) is 0 Å². The smallest absolute Gasteiger partial charge is 0.257 e. The number of nitrogens with two attached hydrogens (primary N) is 1. The van der Waals surface area contributed by atoms with Crippen molar-refractivity contribution in [2.24, 2.45) is 11.7 Å². The Bertz CT molecular complexity index is 1290. The summed E-state index contributed by atoms with van der Waals surface area (Å²) in [5.74, 6) is 0.673. The van der Waals surface area contributed by atoms with Crippen molar-refractivity contribution in [3.63, 3.8) is 0 Å². The number of ether oxygens (including phenoxy) is 1. The van der Waals surface area contributed by atoms with E-state index in [-0.39, 0.29) is 17.7 Å². The van der Waals surface area contributed by atoms with Crippen LogP contribution in [0.5, 0.6) is 11.5 Å². The van der Waals surface area contributed by atoms with Crippen LogP contribution in [0, 0.1) is 5.92 Å². The first-order chi connectivity index (χ1) is 17.0. The van der Waals surface area contributed by atoms with Gasteiger partial charge in [0.05, 0.1) is 6.17 Å². The van der Waals surface area contributed by atoms with Crippen molar-refractivity contribution in [3.8, 4) is 11.5 Å². The molecule has 176 valence electrons. The Hall–Kier alpha value is -4.40. The zero-order valence-electron chi connectivity index (χ0n) is 18.8. The van der Waals surface area contributed by atoms with Crippen LogP contribution in [0.3, 0.4) is 0 Å². The molecule has 2 aliphatic rings. The van der Waals surface area contributed by atoms with Crippen LogP contribution in [0.1, 0.15) is 5.56 Å². The number of benzene rings is 3. The monoisotopic (exact) mass is 467 g/mol. The number of amides is 2. The van der Waals surface area contributed by atoms with Crippen LogP contribution in [-0.2, 0) is 9.59 Å². The van der Waals surface area contributed by atoms with Crippen molar-refractivity contribution in [2.45, 2.75) is 12.2 Å². The van der Waals surface area contributed by atoms with Crippen LogP contribution in [0.4, 0.5) is 11.4 Å². The van der Waals surface area contributed by atoms with E-state index in [4.69, 9.17) is 10.5 Å². The highest BCUT2D eigenvalue weighted by molar-refractivity contribution is 5.99. The number of nitrogens with one attached hydrogen (secondary N) is 3. The fraction of sp³-hybridized carbons (Fsp3) is 0.111.